The zero-order valence-electron chi connectivity index (χ0n) is 10.3. The van der Waals surface area contributed by atoms with Gasteiger partial charge in [0.2, 0.25) is 5.91 Å². The molecule has 0 bridgehead atoms. The van der Waals surface area contributed by atoms with Gasteiger partial charge in [0.25, 0.3) is 5.91 Å². The Morgan fingerprint density at radius 3 is 2.72 bits per heavy atom. The lowest BCUT2D eigenvalue weighted by Crippen LogP contribution is -2.44. The van der Waals surface area contributed by atoms with Gasteiger partial charge < -0.3 is 16.4 Å². The molecule has 1 rings (SSSR count). The van der Waals surface area contributed by atoms with E-state index in [1.54, 1.807) is 25.1 Å². The average molecular weight is 314 g/mol. The molecule has 0 spiro atoms. The van der Waals surface area contributed by atoms with Gasteiger partial charge in [0.1, 0.15) is 6.04 Å². The van der Waals surface area contributed by atoms with Crippen LogP contribution in [0.15, 0.2) is 22.7 Å². The first kappa shape index (κ1) is 14.5. The van der Waals surface area contributed by atoms with Crippen LogP contribution in [0.3, 0.4) is 0 Å². The first-order chi connectivity index (χ1) is 8.45. The predicted octanol–water partition coefficient (Wildman–Crippen LogP) is 1.29. The van der Waals surface area contributed by atoms with Crippen LogP contribution in [0.1, 0.15) is 24.2 Å². The van der Waals surface area contributed by atoms with E-state index in [2.05, 4.69) is 26.6 Å². The summed E-state index contributed by atoms with van der Waals surface area (Å²) in [6.45, 7) is 3.97. The minimum absolute atomic E-state index is 0.223. The summed E-state index contributed by atoms with van der Waals surface area (Å²) in [7, 11) is 0. The third-order valence-corrected chi connectivity index (χ3v) is 2.85. The molecule has 0 heterocycles. The van der Waals surface area contributed by atoms with E-state index in [9.17, 15) is 9.59 Å². The van der Waals surface area contributed by atoms with Crippen LogP contribution in [0.2, 0.25) is 0 Å². The number of nitrogens with one attached hydrogen (secondary N) is 2. The van der Waals surface area contributed by atoms with E-state index < -0.39 is 6.04 Å². The molecule has 1 unspecified atom stereocenters. The van der Waals surface area contributed by atoms with Crippen LogP contribution >= 0.6 is 15.9 Å². The van der Waals surface area contributed by atoms with Gasteiger partial charge in [-0.05, 0) is 32.0 Å². The average Bonchev–Trinajstić information content (AvgIpc) is 2.32. The molecule has 5 nitrogen and oxygen atoms in total. The Morgan fingerprint density at radius 1 is 1.44 bits per heavy atom. The summed E-state index contributed by atoms with van der Waals surface area (Å²) in [5, 5.41) is 5.23. The number of hydrogen-bond donors (Lipinski definition) is 3. The first-order valence-electron chi connectivity index (χ1n) is 5.59. The van der Waals surface area contributed by atoms with Gasteiger partial charge in [0, 0.05) is 16.7 Å². The molecule has 98 valence electrons. The minimum Gasteiger partial charge on any atom is -0.398 e. The molecular formula is C12H16BrN3O2. The Hall–Kier alpha value is -1.56. The van der Waals surface area contributed by atoms with Crippen molar-refractivity contribution in [2.75, 3.05) is 12.3 Å². The zero-order chi connectivity index (χ0) is 13.7. The Kier molecular flexibility index (Phi) is 5.15. The molecule has 4 N–H and O–H groups in total. The minimum atomic E-state index is -0.601. The molecule has 1 atom stereocenters. The molecule has 1 aromatic rings. The van der Waals surface area contributed by atoms with E-state index in [1.165, 1.54) is 0 Å². The number of halogens is 1. The van der Waals surface area contributed by atoms with Gasteiger partial charge in [-0.2, -0.15) is 0 Å². The van der Waals surface area contributed by atoms with E-state index >= 15 is 0 Å². The highest BCUT2D eigenvalue weighted by molar-refractivity contribution is 9.10. The fourth-order valence-electron chi connectivity index (χ4n) is 1.39. The van der Waals surface area contributed by atoms with Gasteiger partial charge >= 0.3 is 0 Å². The number of likely N-dealkylation sites (N-methyl/N-ethyl adjacent to an activating group) is 1. The monoisotopic (exact) mass is 313 g/mol. The summed E-state index contributed by atoms with van der Waals surface area (Å²) in [4.78, 5) is 23.4. The van der Waals surface area contributed by atoms with Crippen molar-refractivity contribution in [3.05, 3.63) is 28.2 Å². The van der Waals surface area contributed by atoms with E-state index in [0.29, 0.717) is 17.8 Å². The van der Waals surface area contributed by atoms with E-state index in [4.69, 9.17) is 5.73 Å². The third-order valence-electron chi connectivity index (χ3n) is 2.35. The highest BCUT2D eigenvalue weighted by Crippen LogP contribution is 2.18. The van der Waals surface area contributed by atoms with Gasteiger partial charge in [0.05, 0.1) is 5.56 Å². The van der Waals surface area contributed by atoms with Crippen molar-refractivity contribution in [3.63, 3.8) is 0 Å². The van der Waals surface area contributed by atoms with Gasteiger partial charge in [-0.3, -0.25) is 9.59 Å². The molecule has 0 radical (unpaired) electrons. The van der Waals surface area contributed by atoms with Crippen molar-refractivity contribution in [3.8, 4) is 0 Å². The number of nitrogen functional groups attached to an aromatic ring is 1. The van der Waals surface area contributed by atoms with Crippen LogP contribution in [0.5, 0.6) is 0 Å². The van der Waals surface area contributed by atoms with Crippen LogP contribution in [-0.4, -0.2) is 24.4 Å². The maximum absolute atomic E-state index is 11.9. The Bertz CT molecular complexity index is 463. The molecule has 18 heavy (non-hydrogen) atoms. The van der Waals surface area contributed by atoms with Crippen LogP contribution in [0, 0.1) is 0 Å². The zero-order valence-corrected chi connectivity index (χ0v) is 11.9. The lowest BCUT2D eigenvalue weighted by Gasteiger charge is -2.14. The van der Waals surface area contributed by atoms with E-state index in [-0.39, 0.29) is 11.8 Å². The molecule has 0 saturated heterocycles. The van der Waals surface area contributed by atoms with Crippen LogP contribution in [0.4, 0.5) is 5.69 Å². The highest BCUT2D eigenvalue weighted by atomic mass is 79.9. The summed E-state index contributed by atoms with van der Waals surface area (Å²) in [5.41, 5.74) is 6.44. The highest BCUT2D eigenvalue weighted by Gasteiger charge is 2.17. The molecular weight excluding hydrogens is 298 g/mol. The lowest BCUT2D eigenvalue weighted by molar-refractivity contribution is -0.122. The molecule has 2 amide bonds. The standard InChI is InChI=1S/C12H16BrN3O2/c1-3-15-11(17)7(2)16-12(18)9-6-8(13)4-5-10(9)14/h4-7H,3,14H2,1-2H3,(H,15,17)(H,16,18). The second-order valence-corrected chi connectivity index (χ2v) is 4.74. The summed E-state index contributed by atoms with van der Waals surface area (Å²) >= 11 is 3.27. The fourth-order valence-corrected chi connectivity index (χ4v) is 1.75. The molecule has 0 fully saturated rings. The Morgan fingerprint density at radius 2 is 2.11 bits per heavy atom. The number of anilines is 1. The fraction of sp³-hybridized carbons (Fsp3) is 0.333. The molecule has 6 heteroatoms. The normalized spacial score (nSPS) is 11.7. The quantitative estimate of drug-likeness (QED) is 0.732. The van der Waals surface area contributed by atoms with Crippen molar-refractivity contribution >= 4 is 33.4 Å². The molecule has 0 aliphatic rings. The Labute approximate surface area is 114 Å². The second kappa shape index (κ2) is 6.39. The summed E-state index contributed by atoms with van der Waals surface area (Å²) in [6, 6.07) is 4.40. The molecule has 0 saturated carbocycles. The van der Waals surface area contributed by atoms with E-state index in [0.717, 1.165) is 4.47 Å². The van der Waals surface area contributed by atoms with Crippen LogP contribution < -0.4 is 16.4 Å². The molecule has 0 aliphatic carbocycles. The predicted molar refractivity (Wildman–Crippen MR) is 74.2 cm³/mol. The van der Waals surface area contributed by atoms with Gasteiger partial charge in [-0.1, -0.05) is 15.9 Å². The SMILES string of the molecule is CCNC(=O)C(C)NC(=O)c1cc(Br)ccc1N. The lowest BCUT2D eigenvalue weighted by atomic mass is 10.1. The number of hydrogen-bond acceptors (Lipinski definition) is 3. The number of benzene rings is 1. The van der Waals surface area contributed by atoms with Gasteiger partial charge in [-0.15, -0.1) is 0 Å². The molecule has 1 aromatic carbocycles. The summed E-state index contributed by atoms with van der Waals surface area (Å²) < 4.78 is 0.757. The number of rotatable bonds is 4. The maximum atomic E-state index is 11.9. The third kappa shape index (κ3) is 3.73. The number of carbonyl (C=O) groups excluding carboxylic acids is 2. The van der Waals surface area contributed by atoms with Gasteiger partial charge in [-0.25, -0.2) is 0 Å². The number of amides is 2. The largest absolute Gasteiger partial charge is 0.398 e. The maximum Gasteiger partial charge on any atom is 0.254 e. The number of nitrogens with two attached hydrogens (primary N) is 1. The second-order valence-electron chi connectivity index (χ2n) is 3.82. The smallest absolute Gasteiger partial charge is 0.254 e. The van der Waals surface area contributed by atoms with Crippen molar-refractivity contribution < 1.29 is 9.59 Å². The summed E-state index contributed by atoms with van der Waals surface area (Å²) in [5.74, 6) is -0.591. The first-order valence-corrected chi connectivity index (χ1v) is 6.38. The van der Waals surface area contributed by atoms with Gasteiger partial charge in [0.15, 0.2) is 0 Å². The van der Waals surface area contributed by atoms with Crippen molar-refractivity contribution in [1.29, 1.82) is 0 Å². The molecule has 0 aliphatic heterocycles. The van der Waals surface area contributed by atoms with E-state index in [1.807, 2.05) is 6.92 Å². The Balaban J connectivity index is 2.76. The number of carbonyl (C=O) groups is 2. The molecule has 0 aromatic heterocycles. The van der Waals surface area contributed by atoms with Crippen molar-refractivity contribution in [2.45, 2.75) is 19.9 Å². The van der Waals surface area contributed by atoms with Crippen LogP contribution in [-0.2, 0) is 4.79 Å². The topological polar surface area (TPSA) is 84.2 Å². The van der Waals surface area contributed by atoms with Crippen molar-refractivity contribution in [1.82, 2.24) is 10.6 Å². The summed E-state index contributed by atoms with van der Waals surface area (Å²) in [6.07, 6.45) is 0. The van der Waals surface area contributed by atoms with Crippen LogP contribution in [0.25, 0.3) is 0 Å². The van der Waals surface area contributed by atoms with Crippen molar-refractivity contribution in [2.24, 2.45) is 0 Å².